The number of unbranched alkanes of at least 4 members (excludes halogenated alkanes) is 38. The van der Waals surface area contributed by atoms with E-state index < -0.39 is 6.10 Å². The first-order valence-corrected chi connectivity index (χ1v) is 34.6. The number of rotatable bonds is 63. The van der Waals surface area contributed by atoms with Crippen LogP contribution in [-0.4, -0.2) is 37.2 Å². The third-order valence-corrected chi connectivity index (χ3v) is 15.1. The minimum atomic E-state index is -0.788. The highest BCUT2D eigenvalue weighted by atomic mass is 16.6. The average Bonchev–Trinajstić information content (AvgIpc) is 3.46. The highest BCUT2D eigenvalue weighted by Crippen LogP contribution is 2.16. The molecule has 1 unspecified atom stereocenters. The van der Waals surface area contributed by atoms with Crippen molar-refractivity contribution in [2.24, 2.45) is 0 Å². The van der Waals surface area contributed by atoms with Gasteiger partial charge >= 0.3 is 17.9 Å². The largest absolute Gasteiger partial charge is 0.462 e. The standard InChI is InChI=1S/C74H130O6/c1-4-7-10-13-16-19-22-25-28-30-32-34-36-37-39-40-42-44-46-49-52-55-58-61-64-67-73(76)79-70-71(69-78-72(75)66-63-60-57-54-51-48-27-24-21-18-15-12-9-6-3)80-74(77)68-65-62-59-56-53-50-47-45-43-41-38-35-33-31-29-26-23-20-17-14-11-8-5-2/h22-27,30-33,36-38,41,71H,4-21,28-29,34-35,39-40,42-70H2,1-3H3/b25-22-,26-23-,27-24-,32-30-,33-31-,37-36-,41-38-. The molecule has 0 bridgehead atoms. The van der Waals surface area contributed by atoms with Crippen molar-refractivity contribution in [2.75, 3.05) is 13.2 Å². The second-order valence-corrected chi connectivity index (χ2v) is 23.1. The zero-order chi connectivity index (χ0) is 57.8. The van der Waals surface area contributed by atoms with Crippen LogP contribution in [0.5, 0.6) is 0 Å². The van der Waals surface area contributed by atoms with Crippen molar-refractivity contribution in [1.82, 2.24) is 0 Å². The Morgan fingerprint density at radius 1 is 0.250 bits per heavy atom. The maximum atomic E-state index is 12.9. The minimum absolute atomic E-state index is 0.0830. The van der Waals surface area contributed by atoms with Gasteiger partial charge in [-0.15, -0.1) is 0 Å². The van der Waals surface area contributed by atoms with Crippen LogP contribution in [0.25, 0.3) is 0 Å². The van der Waals surface area contributed by atoms with Crippen LogP contribution in [0.2, 0.25) is 0 Å². The lowest BCUT2D eigenvalue weighted by molar-refractivity contribution is -0.167. The topological polar surface area (TPSA) is 78.9 Å². The second-order valence-electron chi connectivity index (χ2n) is 23.1. The molecule has 1 atom stereocenters. The van der Waals surface area contributed by atoms with Crippen molar-refractivity contribution in [3.63, 3.8) is 0 Å². The van der Waals surface area contributed by atoms with Crippen LogP contribution in [0, 0.1) is 0 Å². The van der Waals surface area contributed by atoms with E-state index in [1.807, 2.05) is 0 Å². The summed E-state index contributed by atoms with van der Waals surface area (Å²) in [5.74, 6) is -0.887. The summed E-state index contributed by atoms with van der Waals surface area (Å²) >= 11 is 0. The number of carbonyl (C=O) groups excluding carboxylic acids is 3. The monoisotopic (exact) mass is 1110 g/mol. The summed E-state index contributed by atoms with van der Waals surface area (Å²) in [7, 11) is 0. The molecule has 0 aromatic rings. The fourth-order valence-corrected chi connectivity index (χ4v) is 9.87. The van der Waals surface area contributed by atoms with E-state index in [2.05, 4.69) is 106 Å². The molecule has 0 aliphatic carbocycles. The first-order chi connectivity index (χ1) is 39.5. The van der Waals surface area contributed by atoms with Crippen LogP contribution >= 0.6 is 0 Å². The molecule has 0 amide bonds. The van der Waals surface area contributed by atoms with Gasteiger partial charge in [-0.25, -0.2) is 0 Å². The molecule has 0 aliphatic heterocycles. The molecule has 0 rings (SSSR count). The van der Waals surface area contributed by atoms with Gasteiger partial charge in [-0.1, -0.05) is 292 Å². The fraction of sp³-hybridized carbons (Fsp3) is 0.770. The van der Waals surface area contributed by atoms with E-state index >= 15 is 0 Å². The number of allylic oxidation sites excluding steroid dienone is 14. The van der Waals surface area contributed by atoms with Crippen molar-refractivity contribution in [3.8, 4) is 0 Å². The van der Waals surface area contributed by atoms with Crippen LogP contribution in [0.15, 0.2) is 85.1 Å². The molecule has 0 aromatic carbocycles. The van der Waals surface area contributed by atoms with Crippen LogP contribution < -0.4 is 0 Å². The van der Waals surface area contributed by atoms with Crippen LogP contribution in [0.4, 0.5) is 0 Å². The van der Waals surface area contributed by atoms with E-state index in [0.717, 1.165) is 96.3 Å². The number of hydrogen-bond donors (Lipinski definition) is 0. The zero-order valence-corrected chi connectivity index (χ0v) is 53.1. The molecule has 0 fully saturated rings. The first-order valence-electron chi connectivity index (χ1n) is 34.6. The van der Waals surface area contributed by atoms with Gasteiger partial charge in [0, 0.05) is 19.3 Å². The molecule has 0 spiro atoms. The molecule has 80 heavy (non-hydrogen) atoms. The van der Waals surface area contributed by atoms with Gasteiger partial charge in [-0.3, -0.25) is 14.4 Å². The van der Waals surface area contributed by atoms with Gasteiger partial charge in [0.15, 0.2) is 6.10 Å². The summed E-state index contributed by atoms with van der Waals surface area (Å²) in [6.45, 7) is 6.63. The molecule has 462 valence electrons. The molecular formula is C74H130O6. The van der Waals surface area contributed by atoms with Crippen LogP contribution in [0.1, 0.15) is 348 Å². The van der Waals surface area contributed by atoms with Crippen molar-refractivity contribution in [2.45, 2.75) is 354 Å². The Morgan fingerprint density at radius 2 is 0.450 bits per heavy atom. The Hall–Kier alpha value is -3.41. The van der Waals surface area contributed by atoms with Crippen molar-refractivity contribution in [3.05, 3.63) is 85.1 Å². The Labute approximate surface area is 496 Å². The molecule has 0 N–H and O–H groups in total. The van der Waals surface area contributed by atoms with Gasteiger partial charge in [0.1, 0.15) is 13.2 Å². The maximum absolute atomic E-state index is 12.9. The molecule has 6 nitrogen and oxygen atoms in total. The molecule has 0 radical (unpaired) electrons. The van der Waals surface area contributed by atoms with E-state index in [1.165, 1.54) is 212 Å². The van der Waals surface area contributed by atoms with Crippen LogP contribution in [0.3, 0.4) is 0 Å². The zero-order valence-electron chi connectivity index (χ0n) is 53.1. The lowest BCUT2D eigenvalue weighted by Gasteiger charge is -2.18. The number of hydrogen-bond acceptors (Lipinski definition) is 6. The normalized spacial score (nSPS) is 12.6. The SMILES string of the molecule is CCCCCCC/C=C\C/C=C\C/C=C\CCCCCCCCCCCCC(=O)OCC(COC(=O)CCCCCCC/C=C\CCCCCCC)OC(=O)CCCCCCCCCC/C=C\C/C=C\C/C=C\CCCCCCC. The van der Waals surface area contributed by atoms with Gasteiger partial charge in [-0.2, -0.15) is 0 Å². The summed E-state index contributed by atoms with van der Waals surface area (Å²) in [4.78, 5) is 38.4. The molecule has 6 heteroatoms. The molecule has 0 heterocycles. The second kappa shape index (κ2) is 68.1. The minimum Gasteiger partial charge on any atom is -0.462 e. The molecule has 0 aromatic heterocycles. The molecule has 0 saturated heterocycles. The molecular weight excluding hydrogens is 985 g/mol. The fourth-order valence-electron chi connectivity index (χ4n) is 9.87. The Bertz CT molecular complexity index is 1520. The predicted octanol–water partition coefficient (Wildman–Crippen LogP) is 23.8. The van der Waals surface area contributed by atoms with Crippen LogP contribution in [-0.2, 0) is 28.6 Å². The molecule has 0 aliphatic rings. The van der Waals surface area contributed by atoms with E-state index in [1.54, 1.807) is 0 Å². The van der Waals surface area contributed by atoms with Crippen molar-refractivity contribution >= 4 is 17.9 Å². The third-order valence-electron chi connectivity index (χ3n) is 15.1. The van der Waals surface area contributed by atoms with E-state index in [0.29, 0.717) is 19.3 Å². The van der Waals surface area contributed by atoms with E-state index in [4.69, 9.17) is 14.2 Å². The highest BCUT2D eigenvalue weighted by Gasteiger charge is 2.19. The van der Waals surface area contributed by atoms with Gasteiger partial charge in [0.05, 0.1) is 0 Å². The van der Waals surface area contributed by atoms with Gasteiger partial charge in [0.2, 0.25) is 0 Å². The number of ether oxygens (including phenoxy) is 3. The Balaban J connectivity index is 4.35. The third kappa shape index (κ3) is 65.4. The average molecular weight is 1120 g/mol. The maximum Gasteiger partial charge on any atom is 0.306 e. The lowest BCUT2D eigenvalue weighted by atomic mass is 10.1. The van der Waals surface area contributed by atoms with E-state index in [9.17, 15) is 14.4 Å². The van der Waals surface area contributed by atoms with Gasteiger partial charge in [0.25, 0.3) is 0 Å². The summed E-state index contributed by atoms with van der Waals surface area (Å²) in [6.07, 6.45) is 90.2. The van der Waals surface area contributed by atoms with Crippen molar-refractivity contribution in [1.29, 1.82) is 0 Å². The van der Waals surface area contributed by atoms with Crippen molar-refractivity contribution < 1.29 is 28.6 Å². The Kier molecular flexibility index (Phi) is 65.2. The first kappa shape index (κ1) is 76.6. The summed E-state index contributed by atoms with van der Waals surface area (Å²) in [6, 6.07) is 0. The highest BCUT2D eigenvalue weighted by molar-refractivity contribution is 5.71. The van der Waals surface area contributed by atoms with Gasteiger partial charge < -0.3 is 14.2 Å². The summed E-state index contributed by atoms with van der Waals surface area (Å²) < 4.78 is 17.0. The predicted molar refractivity (Wildman–Crippen MR) is 348 cm³/mol. The molecule has 0 saturated carbocycles. The number of carbonyl (C=O) groups is 3. The van der Waals surface area contributed by atoms with Gasteiger partial charge in [-0.05, 0) is 122 Å². The quantitative estimate of drug-likeness (QED) is 0.0261. The number of esters is 3. The summed E-state index contributed by atoms with van der Waals surface area (Å²) in [5.41, 5.74) is 0. The summed E-state index contributed by atoms with van der Waals surface area (Å²) in [5, 5.41) is 0. The Morgan fingerprint density at radius 3 is 0.713 bits per heavy atom. The lowest BCUT2D eigenvalue weighted by Crippen LogP contribution is -2.30. The smallest absolute Gasteiger partial charge is 0.306 e. The van der Waals surface area contributed by atoms with E-state index in [-0.39, 0.29) is 31.1 Å².